The summed E-state index contributed by atoms with van der Waals surface area (Å²) in [5, 5.41) is 5.64. The van der Waals surface area contributed by atoms with Crippen molar-refractivity contribution in [2.45, 2.75) is 19.3 Å². The van der Waals surface area contributed by atoms with Gasteiger partial charge >= 0.3 is 0 Å². The molecule has 1 amide bonds. The normalized spacial score (nSPS) is 19.5. The predicted molar refractivity (Wildman–Crippen MR) is 91.0 cm³/mol. The van der Waals surface area contributed by atoms with Gasteiger partial charge in [-0.25, -0.2) is 0 Å². The van der Waals surface area contributed by atoms with Gasteiger partial charge in [-0.3, -0.25) is 4.79 Å². The monoisotopic (exact) mass is 296 g/mol. The number of amides is 1. The van der Waals surface area contributed by atoms with Crippen molar-refractivity contribution in [3.63, 3.8) is 0 Å². The molecule has 1 aliphatic rings. The van der Waals surface area contributed by atoms with E-state index < -0.39 is 0 Å². The van der Waals surface area contributed by atoms with Crippen LogP contribution in [0.25, 0.3) is 10.8 Å². The van der Waals surface area contributed by atoms with Gasteiger partial charge in [-0.05, 0) is 49.2 Å². The zero-order valence-electron chi connectivity index (χ0n) is 13.4. The highest BCUT2D eigenvalue weighted by atomic mass is 16.2. The topological polar surface area (TPSA) is 32.3 Å². The average molecular weight is 296 g/mol. The Morgan fingerprint density at radius 1 is 1.27 bits per heavy atom. The number of likely N-dealkylation sites (tertiary alicyclic amines) is 1. The molecule has 1 heterocycles. The van der Waals surface area contributed by atoms with Gasteiger partial charge in [-0.1, -0.05) is 42.5 Å². The third-order valence-electron chi connectivity index (χ3n) is 4.73. The Balaban J connectivity index is 1.74. The van der Waals surface area contributed by atoms with E-state index in [9.17, 15) is 4.79 Å². The number of nitrogens with one attached hydrogen (secondary N) is 1. The fraction of sp³-hybridized carbons (Fsp3) is 0.421. The Morgan fingerprint density at radius 3 is 2.82 bits per heavy atom. The number of hydrogen-bond acceptors (Lipinski definition) is 2. The molecule has 1 N–H and O–H groups in total. The molecule has 2 aromatic rings. The van der Waals surface area contributed by atoms with Crippen LogP contribution in [0.1, 0.15) is 24.8 Å². The lowest BCUT2D eigenvalue weighted by atomic mass is 9.96. The second kappa shape index (κ2) is 6.49. The first-order chi connectivity index (χ1) is 10.7. The molecule has 3 rings (SSSR count). The third kappa shape index (κ3) is 3.00. The second-order valence-corrected chi connectivity index (χ2v) is 6.32. The van der Waals surface area contributed by atoms with Crippen molar-refractivity contribution in [3.8, 4) is 0 Å². The van der Waals surface area contributed by atoms with Crippen LogP contribution in [0.5, 0.6) is 0 Å². The molecule has 116 valence electrons. The summed E-state index contributed by atoms with van der Waals surface area (Å²) in [6.45, 7) is 4.80. The molecule has 3 nitrogen and oxygen atoms in total. The van der Waals surface area contributed by atoms with Gasteiger partial charge in [-0.2, -0.15) is 0 Å². The lowest BCUT2D eigenvalue weighted by Gasteiger charge is -2.21. The minimum absolute atomic E-state index is 0.0714. The summed E-state index contributed by atoms with van der Waals surface area (Å²) >= 11 is 0. The summed E-state index contributed by atoms with van der Waals surface area (Å²) in [5.74, 6) is 0.782. The molecule has 0 bridgehead atoms. The van der Waals surface area contributed by atoms with Gasteiger partial charge in [0.15, 0.2) is 0 Å². The highest BCUT2D eigenvalue weighted by Gasteiger charge is 2.29. The van der Waals surface area contributed by atoms with Crippen LogP contribution in [0.4, 0.5) is 0 Å². The number of fused-ring (bicyclic) bond motifs is 1. The zero-order valence-corrected chi connectivity index (χ0v) is 13.4. The van der Waals surface area contributed by atoms with E-state index in [2.05, 4.69) is 35.6 Å². The molecule has 2 aromatic carbocycles. The van der Waals surface area contributed by atoms with E-state index in [1.807, 2.05) is 31.0 Å². The number of carbonyl (C=O) groups is 1. The van der Waals surface area contributed by atoms with Crippen molar-refractivity contribution < 1.29 is 4.79 Å². The highest BCUT2D eigenvalue weighted by molar-refractivity contribution is 5.87. The van der Waals surface area contributed by atoms with Gasteiger partial charge in [0.25, 0.3) is 0 Å². The Bertz CT molecular complexity index is 667. The molecule has 1 saturated heterocycles. The number of benzene rings is 2. The largest absolute Gasteiger partial charge is 0.342 e. The molecule has 0 saturated carbocycles. The van der Waals surface area contributed by atoms with Crippen LogP contribution >= 0.6 is 0 Å². The summed E-state index contributed by atoms with van der Waals surface area (Å²) in [4.78, 5) is 14.8. The van der Waals surface area contributed by atoms with Crippen molar-refractivity contribution in [1.29, 1.82) is 0 Å². The molecule has 2 unspecified atom stereocenters. The van der Waals surface area contributed by atoms with Crippen LogP contribution in [-0.2, 0) is 4.79 Å². The standard InChI is InChI=1S/C19H24N2O/c1-14(19(22)21-10-9-15(13-21)12-20-2)17-8-7-16-5-3-4-6-18(16)11-17/h3-8,11,14-15,20H,9-10,12-13H2,1-2H3. The minimum Gasteiger partial charge on any atom is -0.342 e. The van der Waals surface area contributed by atoms with E-state index in [0.29, 0.717) is 5.92 Å². The van der Waals surface area contributed by atoms with E-state index in [-0.39, 0.29) is 11.8 Å². The smallest absolute Gasteiger partial charge is 0.229 e. The summed E-state index contributed by atoms with van der Waals surface area (Å²) in [6.07, 6.45) is 1.11. The Hall–Kier alpha value is -1.87. The van der Waals surface area contributed by atoms with Gasteiger partial charge in [0.05, 0.1) is 5.92 Å². The maximum absolute atomic E-state index is 12.7. The number of carbonyl (C=O) groups excluding carboxylic acids is 1. The van der Waals surface area contributed by atoms with E-state index >= 15 is 0 Å². The fourth-order valence-electron chi connectivity index (χ4n) is 3.38. The number of rotatable bonds is 4. The van der Waals surface area contributed by atoms with Crippen LogP contribution in [0.3, 0.4) is 0 Å². The van der Waals surface area contributed by atoms with Gasteiger partial charge in [0.1, 0.15) is 0 Å². The van der Waals surface area contributed by atoms with Gasteiger partial charge in [0.2, 0.25) is 5.91 Å². The average Bonchev–Trinajstić information content (AvgIpc) is 3.02. The number of hydrogen-bond donors (Lipinski definition) is 1. The molecular formula is C19H24N2O. The first-order valence-electron chi connectivity index (χ1n) is 8.11. The maximum atomic E-state index is 12.7. The molecule has 1 fully saturated rings. The number of nitrogens with zero attached hydrogens (tertiary/aromatic N) is 1. The quantitative estimate of drug-likeness (QED) is 0.940. The molecule has 0 aromatic heterocycles. The van der Waals surface area contributed by atoms with Crippen molar-refractivity contribution in [3.05, 3.63) is 48.0 Å². The molecule has 2 atom stereocenters. The fourth-order valence-corrected chi connectivity index (χ4v) is 3.38. The van der Waals surface area contributed by atoms with Crippen LogP contribution < -0.4 is 5.32 Å². The zero-order chi connectivity index (χ0) is 15.5. The molecular weight excluding hydrogens is 272 g/mol. The summed E-state index contributed by atoms with van der Waals surface area (Å²) < 4.78 is 0. The summed E-state index contributed by atoms with van der Waals surface area (Å²) in [7, 11) is 1.97. The van der Waals surface area contributed by atoms with E-state index in [0.717, 1.165) is 31.6 Å². The van der Waals surface area contributed by atoms with Crippen LogP contribution in [0.15, 0.2) is 42.5 Å². The van der Waals surface area contributed by atoms with Gasteiger partial charge in [0, 0.05) is 13.1 Å². The minimum atomic E-state index is -0.0714. The summed E-state index contributed by atoms with van der Waals surface area (Å²) in [6, 6.07) is 14.7. The Kier molecular flexibility index (Phi) is 4.44. The van der Waals surface area contributed by atoms with Gasteiger partial charge in [-0.15, -0.1) is 0 Å². The molecule has 0 aliphatic carbocycles. The molecule has 1 aliphatic heterocycles. The predicted octanol–water partition coefficient (Wildman–Crippen LogP) is 3.01. The lowest BCUT2D eigenvalue weighted by Crippen LogP contribution is -2.33. The van der Waals surface area contributed by atoms with Crippen LogP contribution in [0, 0.1) is 5.92 Å². The van der Waals surface area contributed by atoms with Crippen molar-refractivity contribution in [2.75, 3.05) is 26.7 Å². The van der Waals surface area contributed by atoms with Crippen molar-refractivity contribution >= 4 is 16.7 Å². The lowest BCUT2D eigenvalue weighted by molar-refractivity contribution is -0.131. The maximum Gasteiger partial charge on any atom is 0.229 e. The van der Waals surface area contributed by atoms with Crippen LogP contribution in [0.2, 0.25) is 0 Å². The third-order valence-corrected chi connectivity index (χ3v) is 4.73. The Morgan fingerprint density at radius 2 is 2.05 bits per heavy atom. The van der Waals surface area contributed by atoms with Gasteiger partial charge < -0.3 is 10.2 Å². The Labute approximate surface area is 132 Å². The van der Waals surface area contributed by atoms with E-state index in [1.165, 1.54) is 10.8 Å². The molecule has 0 radical (unpaired) electrons. The SMILES string of the molecule is CNCC1CCN(C(=O)C(C)c2ccc3ccccc3c2)C1. The first-order valence-corrected chi connectivity index (χ1v) is 8.11. The highest BCUT2D eigenvalue weighted by Crippen LogP contribution is 2.25. The molecule has 22 heavy (non-hydrogen) atoms. The van der Waals surface area contributed by atoms with E-state index in [1.54, 1.807) is 0 Å². The molecule has 3 heteroatoms. The molecule has 0 spiro atoms. The van der Waals surface area contributed by atoms with Crippen LogP contribution in [-0.4, -0.2) is 37.5 Å². The first kappa shape index (κ1) is 15.0. The van der Waals surface area contributed by atoms with E-state index in [4.69, 9.17) is 0 Å². The van der Waals surface area contributed by atoms with Crippen molar-refractivity contribution in [1.82, 2.24) is 10.2 Å². The second-order valence-electron chi connectivity index (χ2n) is 6.32. The summed E-state index contributed by atoms with van der Waals surface area (Å²) in [5.41, 5.74) is 1.11. The van der Waals surface area contributed by atoms with Crippen molar-refractivity contribution in [2.24, 2.45) is 5.92 Å².